The summed E-state index contributed by atoms with van der Waals surface area (Å²) in [7, 11) is -2.93. The molecule has 0 radical (unpaired) electrons. The molecule has 4 heteroatoms. The summed E-state index contributed by atoms with van der Waals surface area (Å²) in [6.45, 7) is 5.68. The maximum absolute atomic E-state index is 11.7. The fourth-order valence-electron chi connectivity index (χ4n) is 2.51. The van der Waals surface area contributed by atoms with Gasteiger partial charge in [-0.25, -0.2) is 8.42 Å². The van der Waals surface area contributed by atoms with Gasteiger partial charge in [0.25, 0.3) is 0 Å². The van der Waals surface area contributed by atoms with Crippen LogP contribution in [-0.4, -0.2) is 25.0 Å². The molecule has 2 atom stereocenters. The standard InChI is InChI=1S/C12H25NO2S/c1-10(2)16(14,15)8-7-12(13)6-4-5-11(3)9-12/h10-11H,4-9,13H2,1-3H3. The molecule has 1 aliphatic rings. The van der Waals surface area contributed by atoms with E-state index < -0.39 is 9.84 Å². The highest BCUT2D eigenvalue weighted by molar-refractivity contribution is 7.91. The molecule has 0 aromatic heterocycles. The van der Waals surface area contributed by atoms with Crippen molar-refractivity contribution < 1.29 is 8.42 Å². The third-order valence-electron chi connectivity index (χ3n) is 3.73. The van der Waals surface area contributed by atoms with Crippen molar-refractivity contribution in [1.29, 1.82) is 0 Å². The Labute approximate surface area is 99.7 Å². The van der Waals surface area contributed by atoms with E-state index >= 15 is 0 Å². The molecular formula is C12H25NO2S. The molecule has 1 fully saturated rings. The van der Waals surface area contributed by atoms with E-state index in [-0.39, 0.29) is 16.5 Å². The Bertz CT molecular complexity index is 324. The lowest BCUT2D eigenvalue weighted by Crippen LogP contribution is -2.45. The quantitative estimate of drug-likeness (QED) is 0.827. The Morgan fingerprint density at radius 3 is 2.56 bits per heavy atom. The Kier molecular flexibility index (Phi) is 4.41. The molecule has 0 aromatic rings. The van der Waals surface area contributed by atoms with Gasteiger partial charge < -0.3 is 5.73 Å². The van der Waals surface area contributed by atoms with Crippen molar-refractivity contribution >= 4 is 9.84 Å². The summed E-state index contributed by atoms with van der Waals surface area (Å²) in [5.74, 6) is 0.883. The van der Waals surface area contributed by atoms with E-state index in [2.05, 4.69) is 6.92 Å². The first-order chi connectivity index (χ1) is 7.25. The minimum atomic E-state index is -2.93. The molecule has 0 aromatic carbocycles. The average Bonchev–Trinajstić information content (AvgIpc) is 2.14. The van der Waals surface area contributed by atoms with Crippen LogP contribution < -0.4 is 5.73 Å². The maximum atomic E-state index is 11.7. The molecule has 0 bridgehead atoms. The van der Waals surface area contributed by atoms with E-state index in [4.69, 9.17) is 5.73 Å². The summed E-state index contributed by atoms with van der Waals surface area (Å²) < 4.78 is 23.5. The Morgan fingerprint density at radius 1 is 1.44 bits per heavy atom. The van der Waals surface area contributed by atoms with Crippen LogP contribution in [0.25, 0.3) is 0 Å². The van der Waals surface area contributed by atoms with Crippen molar-refractivity contribution in [2.45, 2.75) is 63.7 Å². The molecule has 16 heavy (non-hydrogen) atoms. The summed E-state index contributed by atoms with van der Waals surface area (Å²) in [5, 5.41) is -0.280. The minimum absolute atomic E-state index is 0.236. The second-order valence-electron chi connectivity index (χ2n) is 5.73. The van der Waals surface area contributed by atoms with Gasteiger partial charge in [0, 0.05) is 5.54 Å². The second kappa shape index (κ2) is 5.05. The number of nitrogens with two attached hydrogens (primary N) is 1. The van der Waals surface area contributed by atoms with Crippen molar-refractivity contribution in [2.24, 2.45) is 11.7 Å². The molecule has 0 heterocycles. The highest BCUT2D eigenvalue weighted by Gasteiger charge is 2.32. The predicted molar refractivity (Wildman–Crippen MR) is 68.1 cm³/mol. The summed E-state index contributed by atoms with van der Waals surface area (Å²) in [4.78, 5) is 0. The van der Waals surface area contributed by atoms with E-state index in [9.17, 15) is 8.42 Å². The number of rotatable bonds is 4. The highest BCUT2D eigenvalue weighted by Crippen LogP contribution is 2.33. The molecule has 0 spiro atoms. The summed E-state index contributed by atoms with van der Waals surface area (Å²) >= 11 is 0. The van der Waals surface area contributed by atoms with Crippen LogP contribution in [-0.2, 0) is 9.84 Å². The van der Waals surface area contributed by atoms with E-state index in [0.717, 1.165) is 19.3 Å². The number of hydrogen-bond acceptors (Lipinski definition) is 3. The van der Waals surface area contributed by atoms with Gasteiger partial charge in [-0.3, -0.25) is 0 Å². The molecule has 3 nitrogen and oxygen atoms in total. The summed E-state index contributed by atoms with van der Waals surface area (Å²) in [6.07, 6.45) is 4.94. The molecule has 96 valence electrons. The third kappa shape index (κ3) is 3.74. The summed E-state index contributed by atoms with van der Waals surface area (Å²) in [5.41, 5.74) is 6.06. The zero-order valence-corrected chi connectivity index (χ0v) is 11.5. The molecule has 0 saturated heterocycles. The normalized spacial score (nSPS) is 31.9. The van der Waals surface area contributed by atoms with E-state index in [1.165, 1.54) is 6.42 Å². The predicted octanol–water partition coefficient (Wildman–Crippen LogP) is 2.11. The third-order valence-corrected chi connectivity index (χ3v) is 5.94. The Balaban J connectivity index is 2.54. The van der Waals surface area contributed by atoms with Gasteiger partial charge in [-0.1, -0.05) is 19.8 Å². The van der Waals surface area contributed by atoms with Gasteiger partial charge in [-0.15, -0.1) is 0 Å². The first-order valence-electron chi connectivity index (χ1n) is 6.26. The highest BCUT2D eigenvalue weighted by atomic mass is 32.2. The number of hydrogen-bond donors (Lipinski definition) is 1. The molecule has 2 N–H and O–H groups in total. The Morgan fingerprint density at radius 2 is 2.06 bits per heavy atom. The van der Waals surface area contributed by atoms with Gasteiger partial charge in [0.15, 0.2) is 9.84 Å². The van der Waals surface area contributed by atoms with Crippen LogP contribution in [0.2, 0.25) is 0 Å². The molecule has 1 rings (SSSR count). The van der Waals surface area contributed by atoms with Crippen LogP contribution in [0.15, 0.2) is 0 Å². The average molecular weight is 247 g/mol. The van der Waals surface area contributed by atoms with Gasteiger partial charge in [0.2, 0.25) is 0 Å². The van der Waals surface area contributed by atoms with Gasteiger partial charge in [0.1, 0.15) is 0 Å². The van der Waals surface area contributed by atoms with Gasteiger partial charge >= 0.3 is 0 Å². The molecular weight excluding hydrogens is 222 g/mol. The molecule has 1 aliphatic carbocycles. The molecule has 0 amide bonds. The van der Waals surface area contributed by atoms with E-state index in [0.29, 0.717) is 12.3 Å². The zero-order valence-electron chi connectivity index (χ0n) is 10.7. The van der Waals surface area contributed by atoms with Crippen LogP contribution in [0.5, 0.6) is 0 Å². The molecule has 1 saturated carbocycles. The van der Waals surface area contributed by atoms with Crippen LogP contribution in [0.3, 0.4) is 0 Å². The first kappa shape index (κ1) is 14.0. The van der Waals surface area contributed by atoms with E-state index in [1.807, 2.05) is 0 Å². The van der Waals surface area contributed by atoms with Gasteiger partial charge in [0.05, 0.1) is 11.0 Å². The maximum Gasteiger partial charge on any atom is 0.152 e. The van der Waals surface area contributed by atoms with Crippen molar-refractivity contribution in [3.05, 3.63) is 0 Å². The van der Waals surface area contributed by atoms with Crippen LogP contribution in [0.4, 0.5) is 0 Å². The van der Waals surface area contributed by atoms with Crippen molar-refractivity contribution in [3.8, 4) is 0 Å². The SMILES string of the molecule is CC1CCCC(N)(CCS(=O)(=O)C(C)C)C1. The first-order valence-corrected chi connectivity index (χ1v) is 7.97. The smallest absolute Gasteiger partial charge is 0.152 e. The van der Waals surface area contributed by atoms with Gasteiger partial charge in [-0.05, 0) is 39.0 Å². The lowest BCUT2D eigenvalue weighted by atomic mass is 9.76. The summed E-state index contributed by atoms with van der Waals surface area (Å²) in [6, 6.07) is 0. The van der Waals surface area contributed by atoms with Crippen molar-refractivity contribution in [2.75, 3.05) is 5.75 Å². The van der Waals surface area contributed by atoms with Crippen LogP contribution in [0.1, 0.15) is 52.9 Å². The topological polar surface area (TPSA) is 60.2 Å². The zero-order chi connectivity index (χ0) is 12.4. The van der Waals surface area contributed by atoms with Crippen molar-refractivity contribution in [1.82, 2.24) is 0 Å². The lowest BCUT2D eigenvalue weighted by molar-refractivity contribution is 0.231. The van der Waals surface area contributed by atoms with Gasteiger partial charge in [-0.2, -0.15) is 0 Å². The Hall–Kier alpha value is -0.0900. The lowest BCUT2D eigenvalue weighted by Gasteiger charge is -2.37. The largest absolute Gasteiger partial charge is 0.325 e. The minimum Gasteiger partial charge on any atom is -0.325 e. The monoisotopic (exact) mass is 247 g/mol. The fraction of sp³-hybridized carbons (Fsp3) is 1.00. The second-order valence-corrected chi connectivity index (χ2v) is 8.41. The number of sulfone groups is 1. The fourth-order valence-corrected chi connectivity index (χ4v) is 3.67. The van der Waals surface area contributed by atoms with Crippen LogP contribution in [0, 0.1) is 5.92 Å². The van der Waals surface area contributed by atoms with E-state index in [1.54, 1.807) is 13.8 Å². The van der Waals surface area contributed by atoms with Crippen LogP contribution >= 0.6 is 0 Å². The molecule has 0 aliphatic heterocycles. The molecule has 2 unspecified atom stereocenters. The van der Waals surface area contributed by atoms with Crippen molar-refractivity contribution in [3.63, 3.8) is 0 Å².